The van der Waals surface area contributed by atoms with E-state index in [9.17, 15) is 38.9 Å². The number of aromatic nitrogens is 2. The predicted molar refractivity (Wildman–Crippen MR) is 122 cm³/mol. The minimum atomic E-state index is -5.38. The Morgan fingerprint density at radius 2 is 1.12 bits per heavy atom. The number of rotatable bonds is 3. The van der Waals surface area contributed by atoms with Crippen LogP contribution in [0.1, 0.15) is 0 Å². The van der Waals surface area contributed by atoms with Crippen LogP contribution in [0, 0.1) is 6.07 Å². The van der Waals surface area contributed by atoms with E-state index in [2.05, 4.69) is 26.7 Å². The van der Waals surface area contributed by atoms with Gasteiger partial charge in [-0.25, -0.2) is 25.3 Å². The van der Waals surface area contributed by atoms with Crippen LogP contribution < -0.4 is 129 Å². The maximum atomic E-state index is 12.3. The molecule has 42 heavy (non-hydrogen) atoms. The molecular weight excluding hydrogens is 684 g/mol. The van der Waals surface area contributed by atoms with Crippen molar-refractivity contribution in [3.05, 3.63) is 42.5 Å². The third kappa shape index (κ3) is 9.15. The van der Waals surface area contributed by atoms with Gasteiger partial charge in [-0.15, -0.1) is 24.8 Å². The monoisotopic (exact) mass is 692 g/mol. The molecule has 0 spiro atoms. The smallest absolute Gasteiger partial charge is 0.744 e. The van der Waals surface area contributed by atoms with Gasteiger partial charge in [-0.1, -0.05) is 0 Å². The van der Waals surface area contributed by atoms with Crippen LogP contribution in [0.4, 0.5) is 22.7 Å². The van der Waals surface area contributed by atoms with Gasteiger partial charge in [0.15, 0.2) is 0 Å². The summed E-state index contributed by atoms with van der Waals surface area (Å²) >= 11 is 0. The third-order valence-electron chi connectivity index (χ3n) is 4.94. The molecule has 0 amide bonds. The second-order valence-electron chi connectivity index (χ2n) is 7.27. The van der Waals surface area contributed by atoms with E-state index in [0.29, 0.717) is 0 Å². The van der Waals surface area contributed by atoms with Crippen molar-refractivity contribution < 1.29 is 170 Å². The summed E-state index contributed by atoms with van der Waals surface area (Å²) in [6.45, 7) is 0. The zero-order valence-corrected chi connectivity index (χ0v) is 33.2. The Morgan fingerprint density at radius 3 is 1.57 bits per heavy atom. The minimum absolute atomic E-state index is 0. The fraction of sp³-hybridized carbons (Fsp3) is 0. The van der Waals surface area contributed by atoms with Gasteiger partial charge in [-0.3, -0.25) is 4.98 Å². The molecule has 0 unspecified atom stereocenters. The molecule has 0 fully saturated rings. The fourth-order valence-corrected chi connectivity index (χ4v) is 5.67. The molecule has 0 saturated carbocycles. The molecule has 200 valence electrons. The Kier molecular flexibility index (Phi) is 15.7. The van der Waals surface area contributed by atoms with Crippen LogP contribution in [0.2, 0.25) is 0 Å². The fourth-order valence-electron chi connectivity index (χ4n) is 3.61. The molecule has 16 nitrogen and oxygen atoms in total. The first kappa shape index (κ1) is 42.2. The molecule has 5 rings (SSSR count). The van der Waals surface area contributed by atoms with Gasteiger partial charge in [0.25, 0.3) is 0 Å². The summed E-state index contributed by atoms with van der Waals surface area (Å²) in [5.41, 5.74) is -2.65. The molecule has 0 aliphatic carbocycles. The van der Waals surface area contributed by atoms with Gasteiger partial charge < -0.3 is 29.3 Å². The van der Waals surface area contributed by atoms with Gasteiger partial charge in [0, 0.05) is 0 Å². The third-order valence-corrected chi connectivity index (χ3v) is 7.57. The van der Waals surface area contributed by atoms with Crippen LogP contribution in [-0.2, 0) is 41.0 Å². The summed E-state index contributed by atoms with van der Waals surface area (Å²) in [6, 6.07) is 9.66. The van der Waals surface area contributed by atoms with E-state index < -0.39 is 78.1 Å². The van der Waals surface area contributed by atoms with Crippen molar-refractivity contribution in [2.75, 3.05) is 10.6 Å². The SMILES string of the molecule is O=S(=O)([O-])c1ccc2c(c1)Nc1c(c(S(=O)(=O)[O-])c3nc4c[c-]ccc4nc3c1S(=O)(=O)[O-])N2.O=S(=O)=O.[Na+].[Na+].[Na+].[Na+]. The Labute approximate surface area is 328 Å². The van der Waals surface area contributed by atoms with E-state index in [1.807, 2.05) is 0 Å². The molecule has 0 atom stereocenters. The van der Waals surface area contributed by atoms with Crippen LogP contribution >= 0.6 is 0 Å². The van der Waals surface area contributed by atoms with E-state index in [0.717, 1.165) is 18.2 Å². The summed E-state index contributed by atoms with van der Waals surface area (Å²) in [7, 11) is -18.7. The maximum Gasteiger partial charge on any atom is 1.00 e. The second kappa shape index (κ2) is 15.7. The van der Waals surface area contributed by atoms with Gasteiger partial charge in [-0.2, -0.15) is 12.1 Å². The van der Waals surface area contributed by atoms with E-state index in [-0.39, 0.29) is 141 Å². The van der Waals surface area contributed by atoms with E-state index in [1.165, 1.54) is 18.2 Å². The Balaban J connectivity index is 0.00000198. The molecule has 0 bridgehead atoms. The van der Waals surface area contributed by atoms with Crippen LogP contribution in [-0.4, -0.2) is 61.5 Å². The van der Waals surface area contributed by atoms with Crippen molar-refractivity contribution in [2.45, 2.75) is 14.7 Å². The summed E-state index contributed by atoms with van der Waals surface area (Å²) < 4.78 is 133. The van der Waals surface area contributed by atoms with Crippen molar-refractivity contribution in [3.63, 3.8) is 0 Å². The Hall–Kier alpha value is 0.210. The molecule has 1 aliphatic rings. The van der Waals surface area contributed by atoms with Crippen molar-refractivity contribution in [1.82, 2.24) is 9.97 Å². The first-order valence-corrected chi connectivity index (χ1v) is 14.7. The molecular formula is C18H8N4Na4O12S4. The van der Waals surface area contributed by atoms with Crippen LogP contribution in [0.3, 0.4) is 0 Å². The van der Waals surface area contributed by atoms with Gasteiger partial charge in [0.2, 0.25) is 0 Å². The van der Waals surface area contributed by atoms with Gasteiger partial charge in [0.05, 0.1) is 33.2 Å². The topological polar surface area (TPSA) is 273 Å². The number of hydrogen-bond donors (Lipinski definition) is 2. The van der Waals surface area contributed by atoms with Crippen molar-refractivity contribution >= 4 is 85.8 Å². The number of nitrogens with one attached hydrogen (secondary N) is 2. The van der Waals surface area contributed by atoms with Crippen LogP contribution in [0.25, 0.3) is 22.1 Å². The van der Waals surface area contributed by atoms with Gasteiger partial charge >= 0.3 is 129 Å². The summed E-state index contributed by atoms with van der Waals surface area (Å²) in [5.74, 6) is 0. The maximum absolute atomic E-state index is 12.3. The van der Waals surface area contributed by atoms with E-state index in [1.54, 1.807) is 0 Å². The number of anilines is 4. The Morgan fingerprint density at radius 1 is 0.667 bits per heavy atom. The summed E-state index contributed by atoms with van der Waals surface area (Å²) in [4.78, 5) is 5.43. The van der Waals surface area contributed by atoms with E-state index in [4.69, 9.17) is 12.6 Å². The molecule has 0 saturated heterocycles. The van der Waals surface area contributed by atoms with E-state index >= 15 is 0 Å². The minimum Gasteiger partial charge on any atom is -0.744 e. The average molecular weight is 693 g/mol. The van der Waals surface area contributed by atoms with Crippen molar-refractivity contribution in [3.8, 4) is 0 Å². The van der Waals surface area contributed by atoms with Crippen molar-refractivity contribution in [1.29, 1.82) is 0 Å². The van der Waals surface area contributed by atoms with Crippen LogP contribution in [0.15, 0.2) is 51.1 Å². The molecule has 3 aromatic carbocycles. The Bertz CT molecular complexity index is 2130. The molecule has 24 heteroatoms. The number of fused-ring (bicyclic) bond motifs is 4. The normalized spacial score (nSPS) is 11.7. The average Bonchev–Trinajstić information content (AvgIpc) is 2.76. The largest absolute Gasteiger partial charge is 1.00 e. The zero-order chi connectivity index (χ0) is 28.2. The number of hydrogen-bond acceptors (Lipinski definition) is 16. The first-order valence-electron chi connectivity index (χ1n) is 9.48. The standard InChI is InChI=1S/C18H11N4O9S3.4Na.O3S/c23-32(24,25)8-5-6-11-12(7-8)22-16-15(21-11)17(33(26,27)28)13-14(18(16)34(29,30)31)20-10-4-2-1-3-9(10)19-13;;;;;1-4(2)3/h2-7,21-22H,(H,23,24,25)(H,26,27,28)(H,29,30,31);;;;;/q-1;4*+1;/p-3. The number of nitrogens with zero attached hydrogens (tertiary/aromatic N) is 2. The molecule has 1 aromatic heterocycles. The van der Waals surface area contributed by atoms with Gasteiger partial charge in [0.1, 0.15) is 45.7 Å². The second-order valence-corrected chi connectivity index (χ2v) is 11.7. The van der Waals surface area contributed by atoms with Crippen LogP contribution in [0.5, 0.6) is 0 Å². The zero-order valence-electron chi connectivity index (χ0n) is 21.9. The predicted octanol–water partition coefficient (Wildman–Crippen LogP) is -11.9. The van der Waals surface area contributed by atoms with Crippen molar-refractivity contribution in [2.24, 2.45) is 0 Å². The first-order chi connectivity index (χ1) is 17.5. The summed E-state index contributed by atoms with van der Waals surface area (Å²) in [6.07, 6.45) is 0. The molecule has 0 radical (unpaired) electrons. The van der Waals surface area contributed by atoms with Gasteiger partial charge in [-0.05, 0) is 29.2 Å². The molecule has 4 aromatic rings. The molecule has 1 aliphatic heterocycles. The summed E-state index contributed by atoms with van der Waals surface area (Å²) in [5, 5.41) is 4.99. The number of benzene rings is 3. The molecule has 2 N–H and O–H groups in total. The molecule has 2 heterocycles. The quantitative estimate of drug-likeness (QED) is 0.0769.